The molecule has 0 fully saturated rings. The van der Waals surface area contributed by atoms with Crippen molar-refractivity contribution in [2.75, 3.05) is 49.2 Å². The number of carbonyl (C=O) groups is 5. The lowest BCUT2D eigenvalue weighted by Gasteiger charge is -2.27. The van der Waals surface area contributed by atoms with E-state index in [-0.39, 0.29) is 41.7 Å². The van der Waals surface area contributed by atoms with Crippen molar-refractivity contribution in [2.45, 2.75) is 13.8 Å². The van der Waals surface area contributed by atoms with Crippen LogP contribution in [0.2, 0.25) is 5.02 Å². The summed E-state index contributed by atoms with van der Waals surface area (Å²) >= 11 is 6.34. The highest BCUT2D eigenvalue weighted by Gasteiger charge is 2.24. The highest BCUT2D eigenvalue weighted by molar-refractivity contribution is 6.32. The maximum Gasteiger partial charge on any atom is 0.323 e. The Morgan fingerprint density at radius 2 is 1.28 bits per heavy atom. The van der Waals surface area contributed by atoms with Gasteiger partial charge < -0.3 is 39.7 Å². The third kappa shape index (κ3) is 8.78. The molecule has 0 amide bonds. The van der Waals surface area contributed by atoms with E-state index >= 15 is 0 Å². The number of nitrogens with zero attached hydrogens (tertiary/aromatic N) is 2. The van der Waals surface area contributed by atoms with Crippen molar-refractivity contribution < 1.29 is 53.9 Å². The van der Waals surface area contributed by atoms with Crippen LogP contribution >= 0.6 is 11.6 Å². The summed E-state index contributed by atoms with van der Waals surface area (Å²) in [7, 11) is 0. The SMILES string of the molecule is Cc1cc(OCCOc2cc(C=O)ccc2N(CC(=O)O)CC(=O)O)c(N(CC(=O)O)CC(=O)O)c(C)c1Cl. The van der Waals surface area contributed by atoms with Gasteiger partial charge in [-0.05, 0) is 49.2 Å². The van der Waals surface area contributed by atoms with Crippen LogP contribution in [0.15, 0.2) is 24.3 Å². The molecule has 2 rings (SSSR count). The number of rotatable bonds is 16. The molecule has 0 aliphatic carbocycles. The second-order valence-electron chi connectivity index (χ2n) is 8.31. The summed E-state index contributed by atoms with van der Waals surface area (Å²) in [6.45, 7) is 0.420. The first-order chi connectivity index (χ1) is 18.3. The first kappa shape index (κ1) is 30.7. The van der Waals surface area contributed by atoms with Crippen LogP contribution in [-0.4, -0.2) is 90.0 Å². The van der Waals surface area contributed by atoms with E-state index in [0.29, 0.717) is 22.4 Å². The summed E-state index contributed by atoms with van der Waals surface area (Å²) in [5, 5.41) is 37.3. The minimum Gasteiger partial charge on any atom is -0.488 e. The molecular formula is C25H27ClN2O11. The van der Waals surface area contributed by atoms with Gasteiger partial charge in [-0.2, -0.15) is 0 Å². The van der Waals surface area contributed by atoms with Crippen LogP contribution in [0.3, 0.4) is 0 Å². The first-order valence-electron chi connectivity index (χ1n) is 11.4. The van der Waals surface area contributed by atoms with Crippen molar-refractivity contribution in [1.29, 1.82) is 0 Å². The van der Waals surface area contributed by atoms with Crippen molar-refractivity contribution in [1.82, 2.24) is 0 Å². The molecule has 210 valence electrons. The molecule has 0 saturated carbocycles. The van der Waals surface area contributed by atoms with Crippen LogP contribution in [0.25, 0.3) is 0 Å². The highest BCUT2D eigenvalue weighted by atomic mass is 35.5. The Kier molecular flexibility index (Phi) is 10.9. The fourth-order valence-electron chi connectivity index (χ4n) is 3.79. The number of carboxylic acid groups (broad SMARTS) is 4. The molecule has 2 aromatic rings. The van der Waals surface area contributed by atoms with Crippen LogP contribution in [0.1, 0.15) is 21.5 Å². The average molecular weight is 567 g/mol. The number of ether oxygens (including phenoxy) is 2. The predicted molar refractivity (Wildman–Crippen MR) is 139 cm³/mol. The van der Waals surface area contributed by atoms with Gasteiger partial charge in [-0.1, -0.05) is 11.6 Å². The zero-order valence-corrected chi connectivity index (χ0v) is 21.8. The molecule has 0 atom stereocenters. The standard InChI is InChI=1S/C25H27ClN2O11/c1-14-7-19(25(15(2)24(14)26)28(11-22(34)35)12-23(36)37)39-6-5-38-18-8-16(13-29)3-4-17(18)27(9-20(30)31)10-21(32)33/h3-4,7-8,13H,5-6,9-12H2,1-2H3,(H,30,31)(H,32,33)(H,34,35)(H,36,37). The lowest BCUT2D eigenvalue weighted by molar-refractivity contribution is -0.138. The maximum absolute atomic E-state index is 11.4. The Morgan fingerprint density at radius 3 is 1.77 bits per heavy atom. The number of halogens is 1. The number of carbonyl (C=O) groups excluding carboxylic acids is 1. The van der Waals surface area contributed by atoms with E-state index in [2.05, 4.69) is 0 Å². The molecule has 4 N–H and O–H groups in total. The van der Waals surface area contributed by atoms with E-state index in [4.69, 9.17) is 21.1 Å². The van der Waals surface area contributed by atoms with Crippen LogP contribution in [0, 0.1) is 13.8 Å². The number of aryl methyl sites for hydroxylation is 1. The van der Waals surface area contributed by atoms with Crippen molar-refractivity contribution in [3.8, 4) is 11.5 Å². The number of anilines is 2. The van der Waals surface area contributed by atoms with E-state index < -0.39 is 50.1 Å². The monoisotopic (exact) mass is 566 g/mol. The van der Waals surface area contributed by atoms with Gasteiger partial charge in [-0.15, -0.1) is 0 Å². The lowest BCUT2D eigenvalue weighted by Crippen LogP contribution is -2.35. The third-order valence-corrected chi connectivity index (χ3v) is 5.87. The molecule has 0 aliphatic heterocycles. The smallest absolute Gasteiger partial charge is 0.323 e. The molecule has 0 aliphatic rings. The summed E-state index contributed by atoms with van der Waals surface area (Å²) in [5.41, 5.74) is 1.50. The summed E-state index contributed by atoms with van der Waals surface area (Å²) in [4.78, 5) is 58.8. The predicted octanol–water partition coefficient (Wildman–Crippen LogP) is 2.18. The number of hydrogen-bond donors (Lipinski definition) is 4. The number of carboxylic acids is 4. The van der Waals surface area contributed by atoms with E-state index in [0.717, 1.165) is 9.80 Å². The average Bonchev–Trinajstić information content (AvgIpc) is 2.83. The largest absolute Gasteiger partial charge is 0.488 e. The van der Waals surface area contributed by atoms with Crippen molar-refractivity contribution in [3.63, 3.8) is 0 Å². The fraction of sp³-hybridized carbons (Fsp3) is 0.320. The van der Waals surface area contributed by atoms with Gasteiger partial charge in [0.05, 0.1) is 11.4 Å². The minimum atomic E-state index is -1.28. The van der Waals surface area contributed by atoms with Gasteiger partial charge in [-0.25, -0.2) is 0 Å². The fourth-order valence-corrected chi connectivity index (χ4v) is 3.94. The Bertz CT molecular complexity index is 1230. The summed E-state index contributed by atoms with van der Waals surface area (Å²) in [6, 6.07) is 5.60. The molecule has 0 unspecified atom stereocenters. The van der Waals surface area contributed by atoms with Gasteiger partial charge >= 0.3 is 23.9 Å². The minimum absolute atomic E-state index is 0.0350. The highest BCUT2D eigenvalue weighted by Crippen LogP contribution is 2.39. The maximum atomic E-state index is 11.4. The second kappa shape index (κ2) is 13.9. The second-order valence-corrected chi connectivity index (χ2v) is 8.69. The Morgan fingerprint density at radius 1 is 0.795 bits per heavy atom. The zero-order chi connectivity index (χ0) is 29.3. The van der Waals surface area contributed by atoms with Gasteiger partial charge in [-0.3, -0.25) is 24.0 Å². The molecule has 0 spiro atoms. The number of hydrogen-bond acceptors (Lipinski definition) is 9. The molecule has 0 bridgehead atoms. The zero-order valence-electron chi connectivity index (χ0n) is 21.0. The van der Waals surface area contributed by atoms with E-state index in [1.54, 1.807) is 13.8 Å². The van der Waals surface area contributed by atoms with Crippen molar-refractivity contribution in [3.05, 3.63) is 46.0 Å². The van der Waals surface area contributed by atoms with Crippen LogP contribution in [-0.2, 0) is 19.2 Å². The van der Waals surface area contributed by atoms with E-state index in [9.17, 15) is 44.4 Å². The van der Waals surface area contributed by atoms with Gasteiger partial charge in [0, 0.05) is 10.6 Å². The van der Waals surface area contributed by atoms with Crippen LogP contribution < -0.4 is 19.3 Å². The Hall–Kier alpha value is -4.52. The Labute approximate surface area is 227 Å². The van der Waals surface area contributed by atoms with E-state index in [1.807, 2.05) is 0 Å². The summed E-state index contributed by atoms with van der Waals surface area (Å²) in [6.07, 6.45) is 0.539. The molecule has 14 heteroatoms. The van der Waals surface area contributed by atoms with Crippen LogP contribution in [0.5, 0.6) is 11.5 Å². The molecule has 0 aromatic heterocycles. The van der Waals surface area contributed by atoms with Gasteiger partial charge in [0.1, 0.15) is 57.2 Å². The first-order valence-corrected chi connectivity index (χ1v) is 11.7. The summed E-state index contributed by atoms with van der Waals surface area (Å²) in [5.74, 6) is -4.90. The third-order valence-electron chi connectivity index (χ3n) is 5.29. The molecule has 13 nitrogen and oxygen atoms in total. The number of aldehydes is 1. The molecule has 0 radical (unpaired) electrons. The number of aliphatic carboxylic acids is 4. The molecule has 2 aromatic carbocycles. The quantitative estimate of drug-likeness (QED) is 0.171. The molecular weight excluding hydrogens is 540 g/mol. The van der Waals surface area contributed by atoms with Gasteiger partial charge in [0.2, 0.25) is 0 Å². The van der Waals surface area contributed by atoms with Gasteiger partial charge in [0.15, 0.2) is 0 Å². The van der Waals surface area contributed by atoms with Crippen molar-refractivity contribution >= 4 is 53.1 Å². The topological polar surface area (TPSA) is 191 Å². The van der Waals surface area contributed by atoms with Crippen molar-refractivity contribution in [2.24, 2.45) is 0 Å². The normalized spacial score (nSPS) is 10.4. The molecule has 0 heterocycles. The lowest BCUT2D eigenvalue weighted by atomic mass is 10.1. The van der Waals surface area contributed by atoms with E-state index in [1.165, 1.54) is 24.3 Å². The number of benzene rings is 2. The Balaban J connectivity index is 2.33. The molecule has 39 heavy (non-hydrogen) atoms. The van der Waals surface area contributed by atoms with Crippen LogP contribution in [0.4, 0.5) is 11.4 Å². The molecule has 0 saturated heterocycles. The summed E-state index contributed by atoms with van der Waals surface area (Å²) < 4.78 is 11.5. The van der Waals surface area contributed by atoms with Gasteiger partial charge in [0.25, 0.3) is 0 Å².